The van der Waals surface area contributed by atoms with Crippen molar-refractivity contribution in [2.75, 3.05) is 7.11 Å². The SMILES string of the molecule is COc1ccc(-c2nc3ccccc3/c(=N/C(=N)N)c3[nH]ccc23)c(Cl)c1O. The number of fused-ring (bicyclic) bond motifs is 2. The van der Waals surface area contributed by atoms with Crippen molar-refractivity contribution in [3.63, 3.8) is 0 Å². The minimum Gasteiger partial charge on any atom is -0.503 e. The highest BCUT2D eigenvalue weighted by Crippen LogP contribution is 2.41. The van der Waals surface area contributed by atoms with Gasteiger partial charge >= 0.3 is 0 Å². The largest absolute Gasteiger partial charge is 0.503 e. The quantitative estimate of drug-likeness (QED) is 0.307. The van der Waals surface area contributed by atoms with Gasteiger partial charge in [0.15, 0.2) is 11.5 Å². The first kappa shape index (κ1) is 17.8. The molecule has 0 bridgehead atoms. The number of nitrogens with one attached hydrogen (secondary N) is 2. The number of rotatable bonds is 2. The van der Waals surface area contributed by atoms with Crippen LogP contribution in [-0.2, 0) is 0 Å². The molecule has 0 amide bonds. The fourth-order valence-electron chi connectivity index (χ4n) is 3.19. The predicted molar refractivity (Wildman–Crippen MR) is 110 cm³/mol. The van der Waals surface area contributed by atoms with Crippen LogP contribution in [0.2, 0.25) is 5.02 Å². The topological polar surface area (TPSA) is 120 Å². The van der Waals surface area contributed by atoms with Gasteiger partial charge in [0.1, 0.15) is 5.36 Å². The Morgan fingerprint density at radius 2 is 2.00 bits per heavy atom. The minimum absolute atomic E-state index is 0.134. The van der Waals surface area contributed by atoms with Crippen LogP contribution in [0.1, 0.15) is 0 Å². The van der Waals surface area contributed by atoms with Crippen LogP contribution < -0.4 is 15.8 Å². The molecular weight excluding hydrogens is 378 g/mol. The zero-order chi connectivity index (χ0) is 19.8. The van der Waals surface area contributed by atoms with Crippen molar-refractivity contribution in [2.45, 2.75) is 0 Å². The van der Waals surface area contributed by atoms with Crippen molar-refractivity contribution in [2.24, 2.45) is 10.7 Å². The van der Waals surface area contributed by atoms with E-state index in [2.05, 4.69) is 9.98 Å². The molecule has 0 fully saturated rings. The number of guanidine groups is 1. The van der Waals surface area contributed by atoms with E-state index in [1.54, 1.807) is 18.3 Å². The number of methoxy groups -OCH3 is 1. The van der Waals surface area contributed by atoms with Crippen LogP contribution in [0.25, 0.3) is 33.1 Å². The Bertz CT molecular complexity index is 1310. The molecule has 0 aliphatic carbocycles. The fourth-order valence-corrected chi connectivity index (χ4v) is 3.43. The Morgan fingerprint density at radius 3 is 2.75 bits per heavy atom. The number of phenolic OH excluding ortho intramolecular Hbond substituents is 1. The lowest BCUT2D eigenvalue weighted by molar-refractivity contribution is 0.374. The first-order chi connectivity index (χ1) is 13.5. The van der Waals surface area contributed by atoms with E-state index in [4.69, 9.17) is 32.5 Å². The molecule has 140 valence electrons. The number of aromatic amines is 1. The lowest BCUT2D eigenvalue weighted by atomic mass is 10.1. The van der Waals surface area contributed by atoms with Gasteiger partial charge in [-0.3, -0.25) is 5.41 Å². The summed E-state index contributed by atoms with van der Waals surface area (Å²) in [5.41, 5.74) is 7.96. The Labute approximate surface area is 164 Å². The number of H-pyrrole nitrogens is 1. The molecule has 2 aromatic heterocycles. The molecule has 0 radical (unpaired) electrons. The van der Waals surface area contributed by atoms with Crippen molar-refractivity contribution >= 4 is 39.4 Å². The second-order valence-electron chi connectivity index (χ2n) is 6.07. The van der Waals surface area contributed by atoms with E-state index in [1.807, 2.05) is 30.3 Å². The summed E-state index contributed by atoms with van der Waals surface area (Å²) in [4.78, 5) is 12.2. The highest BCUT2D eigenvalue weighted by atomic mass is 35.5. The Balaban J connectivity index is 2.22. The summed E-state index contributed by atoms with van der Waals surface area (Å²) in [6.45, 7) is 0. The van der Waals surface area contributed by atoms with Crippen LogP contribution in [0.5, 0.6) is 11.5 Å². The van der Waals surface area contributed by atoms with Crippen LogP contribution in [0, 0.1) is 5.41 Å². The van der Waals surface area contributed by atoms with Crippen LogP contribution >= 0.6 is 11.6 Å². The molecule has 2 aromatic carbocycles. The Hall–Kier alpha value is -3.58. The van der Waals surface area contributed by atoms with Crippen molar-refractivity contribution in [3.8, 4) is 22.8 Å². The predicted octanol–water partition coefficient (Wildman–Crippen LogP) is 3.54. The van der Waals surface area contributed by atoms with Gasteiger partial charge in [0.2, 0.25) is 5.96 Å². The summed E-state index contributed by atoms with van der Waals surface area (Å²) in [7, 11) is 1.46. The van der Waals surface area contributed by atoms with Gasteiger partial charge in [0.05, 0.1) is 28.9 Å². The summed E-state index contributed by atoms with van der Waals surface area (Å²) >= 11 is 6.44. The van der Waals surface area contributed by atoms with Gasteiger partial charge in [-0.25, -0.2) is 9.98 Å². The number of phenols is 1. The van der Waals surface area contributed by atoms with Crippen molar-refractivity contribution in [1.82, 2.24) is 9.97 Å². The molecule has 0 saturated heterocycles. The number of ether oxygens (including phenoxy) is 1. The number of nitrogens with zero attached hydrogens (tertiary/aromatic N) is 2. The molecule has 2 heterocycles. The van der Waals surface area contributed by atoms with Crippen molar-refractivity contribution in [3.05, 3.63) is 59.0 Å². The number of benzene rings is 2. The van der Waals surface area contributed by atoms with E-state index >= 15 is 0 Å². The highest BCUT2D eigenvalue weighted by molar-refractivity contribution is 6.35. The average molecular weight is 394 g/mol. The number of aromatic nitrogens is 2. The van der Waals surface area contributed by atoms with Gasteiger partial charge in [-0.05, 0) is 24.3 Å². The molecular formula is C20H16ClN5O2. The highest BCUT2D eigenvalue weighted by Gasteiger charge is 2.17. The number of nitrogens with two attached hydrogens (primary N) is 1. The fraction of sp³-hybridized carbons (Fsp3) is 0.0500. The Morgan fingerprint density at radius 1 is 1.21 bits per heavy atom. The standard InChI is InChI=1S/C20H16ClN5O2/c1-28-14-7-6-11(15(21)19(14)27)16-12-8-9-24-17(12)18(26-20(22)23)10-4-2-3-5-13(10)25-16/h2-9,24,27H,1H3,(H3,22,23)/b26-18-. The molecule has 7 nitrogen and oxygen atoms in total. The number of halogens is 1. The summed E-state index contributed by atoms with van der Waals surface area (Å²) in [5.74, 6) is -0.193. The molecule has 0 saturated carbocycles. The maximum atomic E-state index is 10.4. The van der Waals surface area contributed by atoms with Crippen molar-refractivity contribution < 1.29 is 9.84 Å². The first-order valence-electron chi connectivity index (χ1n) is 8.36. The summed E-state index contributed by atoms with van der Waals surface area (Å²) in [6, 6.07) is 12.6. The summed E-state index contributed by atoms with van der Waals surface area (Å²) < 4.78 is 5.13. The molecule has 0 spiro atoms. The molecule has 4 aromatic rings. The minimum atomic E-state index is -0.311. The van der Waals surface area contributed by atoms with Gasteiger partial charge in [-0.2, -0.15) is 0 Å². The first-order valence-corrected chi connectivity index (χ1v) is 8.73. The zero-order valence-corrected chi connectivity index (χ0v) is 15.6. The third-order valence-electron chi connectivity index (χ3n) is 4.42. The zero-order valence-electron chi connectivity index (χ0n) is 14.8. The van der Waals surface area contributed by atoms with Gasteiger partial charge in [0.25, 0.3) is 0 Å². The molecule has 4 rings (SSSR count). The molecule has 0 unspecified atom stereocenters. The summed E-state index contributed by atoms with van der Waals surface area (Å²) in [6.07, 6.45) is 1.75. The van der Waals surface area contributed by atoms with E-state index < -0.39 is 0 Å². The lowest BCUT2D eigenvalue weighted by Gasteiger charge is -2.09. The van der Waals surface area contributed by atoms with Crippen LogP contribution in [-0.4, -0.2) is 28.1 Å². The maximum Gasteiger partial charge on any atom is 0.213 e. The van der Waals surface area contributed by atoms with Crippen LogP contribution in [0.3, 0.4) is 0 Å². The van der Waals surface area contributed by atoms with Crippen LogP contribution in [0.15, 0.2) is 53.7 Å². The summed E-state index contributed by atoms with van der Waals surface area (Å²) in [5, 5.41) is 20.1. The second kappa shape index (κ2) is 6.86. The number of hydrogen-bond donors (Lipinski definition) is 4. The van der Waals surface area contributed by atoms with Gasteiger partial charge < -0.3 is 20.6 Å². The third kappa shape index (κ3) is 2.82. The molecule has 0 aliphatic heterocycles. The van der Waals surface area contributed by atoms with Crippen molar-refractivity contribution in [1.29, 1.82) is 5.41 Å². The number of aromatic hydroxyl groups is 1. The van der Waals surface area contributed by atoms with Gasteiger partial charge in [-0.15, -0.1) is 0 Å². The maximum absolute atomic E-state index is 10.4. The van der Waals surface area contributed by atoms with Gasteiger partial charge in [-0.1, -0.05) is 29.8 Å². The van der Waals surface area contributed by atoms with E-state index in [0.717, 1.165) is 10.8 Å². The number of para-hydroxylation sites is 1. The normalized spacial score (nSPS) is 11.9. The monoisotopic (exact) mass is 393 g/mol. The van der Waals surface area contributed by atoms with E-state index in [-0.39, 0.29) is 22.5 Å². The lowest BCUT2D eigenvalue weighted by Crippen LogP contribution is -2.13. The van der Waals surface area contributed by atoms with E-state index in [0.29, 0.717) is 27.6 Å². The van der Waals surface area contributed by atoms with E-state index in [1.165, 1.54) is 7.11 Å². The molecule has 0 aliphatic rings. The van der Waals surface area contributed by atoms with Gasteiger partial charge in [0, 0.05) is 22.5 Å². The average Bonchev–Trinajstić information content (AvgIpc) is 3.12. The Kier molecular flexibility index (Phi) is 4.37. The molecule has 28 heavy (non-hydrogen) atoms. The second-order valence-corrected chi connectivity index (χ2v) is 6.45. The molecule has 5 N–H and O–H groups in total. The van der Waals surface area contributed by atoms with Crippen LogP contribution in [0.4, 0.5) is 0 Å². The van der Waals surface area contributed by atoms with E-state index in [9.17, 15) is 5.11 Å². The third-order valence-corrected chi connectivity index (χ3v) is 4.80. The molecule has 0 atom stereocenters. The molecule has 8 heteroatoms. The number of hydrogen-bond acceptors (Lipinski definition) is 4. The smallest absolute Gasteiger partial charge is 0.213 e.